The molecule has 1 saturated heterocycles. The van der Waals surface area contributed by atoms with Crippen molar-refractivity contribution in [3.63, 3.8) is 0 Å². The zero-order valence-electron chi connectivity index (χ0n) is 24.6. The number of carbonyl (C=O) groups excluding carboxylic acids is 1. The third-order valence-corrected chi connectivity index (χ3v) is 7.48. The molecule has 0 aliphatic carbocycles. The summed E-state index contributed by atoms with van der Waals surface area (Å²) in [4.78, 5) is 13.2. The Morgan fingerprint density at radius 2 is 1.44 bits per heavy atom. The molecule has 1 N–H and O–H groups in total. The summed E-state index contributed by atoms with van der Waals surface area (Å²) >= 11 is 0. The standard InChI is InChI=1S/C33H35F6NO5/c1-23(25-18-27(32(34,35)36)20-28(19-25)33(37,38)39)45-22-31(26-12-6-3-7-13-26,15-8-14-29-42-16-9-17-43-29)40-30(41)44-21-24-10-4-2-5-11-24/h2-7,10-13,18-20,23,29H,8-9,14-17,21-22H2,1H3,(H,40,41)/t23-,31-/m1/s1. The van der Waals surface area contributed by atoms with Crippen LogP contribution in [0.2, 0.25) is 0 Å². The van der Waals surface area contributed by atoms with Crippen LogP contribution < -0.4 is 5.32 Å². The largest absolute Gasteiger partial charge is 0.445 e. The van der Waals surface area contributed by atoms with Gasteiger partial charge in [0.1, 0.15) is 6.61 Å². The molecule has 4 rings (SSSR count). The predicted octanol–water partition coefficient (Wildman–Crippen LogP) is 8.56. The van der Waals surface area contributed by atoms with Gasteiger partial charge in [0, 0.05) is 0 Å². The van der Waals surface area contributed by atoms with Crippen LogP contribution in [0.15, 0.2) is 78.9 Å². The van der Waals surface area contributed by atoms with Gasteiger partial charge >= 0.3 is 18.4 Å². The normalized spacial score (nSPS) is 16.5. The smallest absolute Gasteiger partial charge is 0.416 e. The molecule has 2 atom stereocenters. The molecule has 12 heteroatoms. The molecule has 6 nitrogen and oxygen atoms in total. The van der Waals surface area contributed by atoms with Gasteiger partial charge in [0.15, 0.2) is 6.29 Å². The number of amides is 1. The lowest BCUT2D eigenvalue weighted by molar-refractivity contribution is -0.182. The average molecular weight is 640 g/mol. The summed E-state index contributed by atoms with van der Waals surface area (Å²) in [5.41, 5.74) is -3.10. The van der Waals surface area contributed by atoms with E-state index in [4.69, 9.17) is 18.9 Å². The molecule has 244 valence electrons. The maximum atomic E-state index is 13.5. The van der Waals surface area contributed by atoms with E-state index in [0.29, 0.717) is 43.8 Å². The number of ether oxygens (including phenoxy) is 4. The summed E-state index contributed by atoms with van der Waals surface area (Å²) in [6, 6.07) is 19.1. The number of nitrogens with one attached hydrogen (secondary N) is 1. The Hall–Kier alpha value is -3.61. The van der Waals surface area contributed by atoms with Crippen LogP contribution in [-0.4, -0.2) is 32.2 Å². The molecule has 0 unspecified atom stereocenters. The zero-order chi connectivity index (χ0) is 32.5. The van der Waals surface area contributed by atoms with E-state index in [-0.39, 0.29) is 31.3 Å². The molecule has 3 aromatic carbocycles. The van der Waals surface area contributed by atoms with Gasteiger partial charge in [-0.2, -0.15) is 26.3 Å². The van der Waals surface area contributed by atoms with E-state index < -0.39 is 47.5 Å². The monoisotopic (exact) mass is 639 g/mol. The molecular formula is C33H35F6NO5. The fourth-order valence-electron chi connectivity index (χ4n) is 5.03. The number of alkyl carbamates (subject to hydrolysis) is 1. The molecular weight excluding hydrogens is 604 g/mol. The lowest BCUT2D eigenvalue weighted by atomic mass is 9.85. The summed E-state index contributed by atoms with van der Waals surface area (Å²) < 4.78 is 104. The van der Waals surface area contributed by atoms with Gasteiger partial charge in [-0.15, -0.1) is 0 Å². The van der Waals surface area contributed by atoms with Crippen molar-refractivity contribution in [1.29, 1.82) is 0 Å². The first-order valence-corrected chi connectivity index (χ1v) is 14.5. The Bertz CT molecular complexity index is 1330. The van der Waals surface area contributed by atoms with Crippen molar-refractivity contribution < 1.29 is 50.1 Å². The number of hydrogen-bond acceptors (Lipinski definition) is 5. The van der Waals surface area contributed by atoms with E-state index >= 15 is 0 Å². The summed E-state index contributed by atoms with van der Waals surface area (Å²) in [6.45, 7) is 2.15. The minimum absolute atomic E-state index is 0.0248. The van der Waals surface area contributed by atoms with Gasteiger partial charge in [0.2, 0.25) is 0 Å². The van der Waals surface area contributed by atoms with Gasteiger partial charge in [-0.1, -0.05) is 60.7 Å². The number of benzene rings is 3. The number of rotatable bonds is 12. The highest BCUT2D eigenvalue weighted by atomic mass is 19.4. The van der Waals surface area contributed by atoms with Crippen molar-refractivity contribution in [2.75, 3.05) is 19.8 Å². The number of halogens is 6. The second kappa shape index (κ2) is 15.1. The van der Waals surface area contributed by atoms with Crippen molar-refractivity contribution in [3.05, 3.63) is 107 Å². The van der Waals surface area contributed by atoms with Crippen molar-refractivity contribution in [1.82, 2.24) is 5.32 Å². The Morgan fingerprint density at radius 1 is 0.867 bits per heavy atom. The second-order valence-corrected chi connectivity index (χ2v) is 10.8. The molecule has 0 bridgehead atoms. The molecule has 1 aliphatic heterocycles. The van der Waals surface area contributed by atoms with Gasteiger partial charge in [0.25, 0.3) is 0 Å². The lowest BCUT2D eigenvalue weighted by Gasteiger charge is -2.36. The van der Waals surface area contributed by atoms with Crippen molar-refractivity contribution >= 4 is 6.09 Å². The highest BCUT2D eigenvalue weighted by Gasteiger charge is 2.39. The van der Waals surface area contributed by atoms with Gasteiger partial charge in [-0.3, -0.25) is 0 Å². The lowest BCUT2D eigenvalue weighted by Crippen LogP contribution is -2.50. The van der Waals surface area contributed by atoms with Crippen LogP contribution in [0.3, 0.4) is 0 Å². The Kier molecular flexibility index (Phi) is 11.5. The van der Waals surface area contributed by atoms with E-state index in [0.717, 1.165) is 12.0 Å². The van der Waals surface area contributed by atoms with Crippen molar-refractivity contribution in [3.8, 4) is 0 Å². The average Bonchev–Trinajstić information content (AvgIpc) is 3.03. The number of carbonyl (C=O) groups is 1. The van der Waals surface area contributed by atoms with E-state index in [1.165, 1.54) is 6.92 Å². The summed E-state index contributed by atoms with van der Waals surface area (Å²) in [6.07, 6.45) is -10.4. The van der Waals surface area contributed by atoms with Gasteiger partial charge in [-0.05, 0) is 67.5 Å². The predicted molar refractivity (Wildman–Crippen MR) is 153 cm³/mol. The highest BCUT2D eigenvalue weighted by Crippen LogP contribution is 2.39. The molecule has 45 heavy (non-hydrogen) atoms. The van der Waals surface area contributed by atoms with Gasteiger partial charge in [0.05, 0.1) is 42.6 Å². The SMILES string of the molecule is C[C@@H](OC[C@@](CCCC1OCCCO1)(NC(=O)OCc1ccccc1)c1ccccc1)c1cc(C(F)(F)F)cc(C(F)(F)F)c1. The van der Waals surface area contributed by atoms with Crippen LogP contribution in [0.4, 0.5) is 31.1 Å². The molecule has 0 saturated carbocycles. The van der Waals surface area contributed by atoms with E-state index in [1.54, 1.807) is 54.6 Å². The molecule has 0 radical (unpaired) electrons. The van der Waals surface area contributed by atoms with Gasteiger partial charge < -0.3 is 24.3 Å². The van der Waals surface area contributed by atoms with E-state index in [1.807, 2.05) is 6.07 Å². The van der Waals surface area contributed by atoms with E-state index in [2.05, 4.69) is 5.32 Å². The zero-order valence-corrected chi connectivity index (χ0v) is 24.6. The summed E-state index contributed by atoms with van der Waals surface area (Å²) in [5, 5.41) is 2.91. The van der Waals surface area contributed by atoms with Crippen molar-refractivity contribution in [2.24, 2.45) is 0 Å². The molecule has 0 spiro atoms. The minimum atomic E-state index is -5.00. The highest BCUT2D eigenvalue weighted by molar-refractivity contribution is 5.69. The van der Waals surface area contributed by atoms with E-state index in [9.17, 15) is 31.1 Å². The third-order valence-electron chi connectivity index (χ3n) is 7.48. The maximum Gasteiger partial charge on any atom is 0.416 e. The first-order chi connectivity index (χ1) is 21.4. The molecule has 3 aromatic rings. The number of alkyl halides is 6. The summed E-state index contributed by atoms with van der Waals surface area (Å²) in [7, 11) is 0. The molecule has 1 amide bonds. The van der Waals surface area contributed by atoms with Crippen LogP contribution in [-0.2, 0) is 43.4 Å². The molecule has 1 aliphatic rings. The summed E-state index contributed by atoms with van der Waals surface area (Å²) in [5.74, 6) is 0. The molecule has 1 fully saturated rings. The van der Waals surface area contributed by atoms with Crippen LogP contribution >= 0.6 is 0 Å². The first kappa shape index (κ1) is 34.3. The second-order valence-electron chi connectivity index (χ2n) is 10.8. The van der Waals surface area contributed by atoms with Crippen LogP contribution in [0, 0.1) is 0 Å². The quantitative estimate of drug-likeness (QED) is 0.201. The van der Waals surface area contributed by atoms with Gasteiger partial charge in [-0.25, -0.2) is 4.79 Å². The fraction of sp³-hybridized carbons (Fsp3) is 0.424. The topological polar surface area (TPSA) is 66.0 Å². The van der Waals surface area contributed by atoms with Crippen LogP contribution in [0.1, 0.15) is 66.5 Å². The molecule has 1 heterocycles. The Labute approximate surface area is 257 Å². The minimum Gasteiger partial charge on any atom is -0.445 e. The third kappa shape index (κ3) is 9.94. The maximum absolute atomic E-state index is 13.5. The van der Waals surface area contributed by atoms with Crippen LogP contribution in [0.5, 0.6) is 0 Å². The van der Waals surface area contributed by atoms with Crippen LogP contribution in [0.25, 0.3) is 0 Å². The first-order valence-electron chi connectivity index (χ1n) is 14.5. The Morgan fingerprint density at radius 3 is 2.02 bits per heavy atom. The van der Waals surface area contributed by atoms with Crippen molar-refractivity contribution in [2.45, 2.75) is 69.5 Å². The molecule has 0 aromatic heterocycles. The Balaban J connectivity index is 1.61. The number of hydrogen-bond donors (Lipinski definition) is 1. The fourth-order valence-corrected chi connectivity index (χ4v) is 5.03.